The van der Waals surface area contributed by atoms with Crippen LogP contribution in [0.25, 0.3) is 0 Å². The van der Waals surface area contributed by atoms with Crippen LogP contribution in [0, 0.1) is 0 Å². The normalized spacial score (nSPS) is 12.1. The zero-order valence-corrected chi connectivity index (χ0v) is 12.3. The highest BCUT2D eigenvalue weighted by Gasteiger charge is 2.23. The van der Waals surface area contributed by atoms with Crippen molar-refractivity contribution >= 4 is 33.2 Å². The Labute approximate surface area is 117 Å². The number of aliphatic hydroxyl groups excluding tert-OH is 1. The SMILES string of the molecule is CCCN(CCO)S(=O)(=O)c1ccc(Cl)c(Cl)c1. The molecule has 1 aromatic carbocycles. The van der Waals surface area contributed by atoms with Crippen LogP contribution in [-0.2, 0) is 10.0 Å². The van der Waals surface area contributed by atoms with E-state index in [2.05, 4.69) is 0 Å². The van der Waals surface area contributed by atoms with Crippen LogP contribution in [0.2, 0.25) is 10.0 Å². The van der Waals surface area contributed by atoms with Gasteiger partial charge >= 0.3 is 0 Å². The van der Waals surface area contributed by atoms with Crippen LogP contribution >= 0.6 is 23.2 Å². The molecular formula is C11H15Cl2NO3S. The molecule has 0 heterocycles. The Hall–Kier alpha value is -0.330. The van der Waals surface area contributed by atoms with Crippen molar-refractivity contribution in [3.8, 4) is 0 Å². The van der Waals surface area contributed by atoms with Gasteiger partial charge < -0.3 is 5.11 Å². The van der Waals surface area contributed by atoms with Crippen LogP contribution < -0.4 is 0 Å². The second-order valence-corrected chi connectivity index (χ2v) is 6.46. The zero-order chi connectivity index (χ0) is 13.8. The Morgan fingerprint density at radius 2 is 1.89 bits per heavy atom. The minimum atomic E-state index is -3.63. The largest absolute Gasteiger partial charge is 0.395 e. The van der Waals surface area contributed by atoms with Crippen molar-refractivity contribution in [1.29, 1.82) is 0 Å². The molecule has 1 rings (SSSR count). The molecule has 0 aliphatic rings. The molecule has 102 valence electrons. The van der Waals surface area contributed by atoms with Gasteiger partial charge in [0.25, 0.3) is 0 Å². The molecule has 0 radical (unpaired) electrons. The van der Waals surface area contributed by atoms with Gasteiger partial charge in [-0.2, -0.15) is 4.31 Å². The van der Waals surface area contributed by atoms with E-state index >= 15 is 0 Å². The van der Waals surface area contributed by atoms with E-state index in [0.717, 1.165) is 0 Å². The molecule has 0 saturated carbocycles. The van der Waals surface area contributed by atoms with Crippen LogP contribution in [-0.4, -0.2) is 37.5 Å². The highest BCUT2D eigenvalue weighted by molar-refractivity contribution is 7.89. The highest BCUT2D eigenvalue weighted by Crippen LogP contribution is 2.26. The van der Waals surface area contributed by atoms with Gasteiger partial charge in [0.1, 0.15) is 0 Å². The van der Waals surface area contributed by atoms with Gasteiger partial charge in [-0.3, -0.25) is 0 Å². The van der Waals surface area contributed by atoms with Crippen LogP contribution in [0.4, 0.5) is 0 Å². The predicted octanol–water partition coefficient (Wildman–Crippen LogP) is 2.39. The van der Waals surface area contributed by atoms with Gasteiger partial charge in [0.15, 0.2) is 0 Å². The number of hydrogen-bond donors (Lipinski definition) is 1. The van der Waals surface area contributed by atoms with E-state index in [-0.39, 0.29) is 23.1 Å². The molecule has 0 aliphatic heterocycles. The molecule has 0 fully saturated rings. The standard InChI is InChI=1S/C11H15Cl2NO3S/c1-2-5-14(6-7-15)18(16,17)9-3-4-10(12)11(13)8-9/h3-4,8,15H,2,5-7H2,1H3. The summed E-state index contributed by atoms with van der Waals surface area (Å²) in [7, 11) is -3.63. The van der Waals surface area contributed by atoms with Gasteiger partial charge in [0.05, 0.1) is 21.5 Å². The second kappa shape index (κ2) is 6.73. The summed E-state index contributed by atoms with van der Waals surface area (Å²) in [6, 6.07) is 4.17. The number of hydrogen-bond acceptors (Lipinski definition) is 3. The molecule has 1 N–H and O–H groups in total. The van der Waals surface area contributed by atoms with Crippen LogP contribution in [0.15, 0.2) is 23.1 Å². The smallest absolute Gasteiger partial charge is 0.243 e. The van der Waals surface area contributed by atoms with E-state index in [1.54, 1.807) is 0 Å². The van der Waals surface area contributed by atoms with Crippen molar-refractivity contribution < 1.29 is 13.5 Å². The third-order valence-electron chi connectivity index (χ3n) is 2.35. The summed E-state index contributed by atoms with van der Waals surface area (Å²) >= 11 is 11.6. The molecule has 4 nitrogen and oxygen atoms in total. The fourth-order valence-corrected chi connectivity index (χ4v) is 3.41. The monoisotopic (exact) mass is 311 g/mol. The average Bonchev–Trinajstić information content (AvgIpc) is 2.32. The van der Waals surface area contributed by atoms with E-state index in [4.69, 9.17) is 28.3 Å². The maximum atomic E-state index is 12.3. The minimum Gasteiger partial charge on any atom is -0.395 e. The number of rotatable bonds is 6. The van der Waals surface area contributed by atoms with Gasteiger partial charge in [-0.05, 0) is 24.6 Å². The van der Waals surface area contributed by atoms with Crippen molar-refractivity contribution in [2.75, 3.05) is 19.7 Å². The fourth-order valence-electron chi connectivity index (χ4n) is 1.50. The average molecular weight is 312 g/mol. The van der Waals surface area contributed by atoms with Crippen LogP contribution in [0.5, 0.6) is 0 Å². The first-order valence-electron chi connectivity index (χ1n) is 5.49. The lowest BCUT2D eigenvalue weighted by Crippen LogP contribution is -2.34. The maximum Gasteiger partial charge on any atom is 0.243 e. The second-order valence-electron chi connectivity index (χ2n) is 3.70. The third kappa shape index (κ3) is 3.59. The lowest BCUT2D eigenvalue weighted by molar-refractivity contribution is 0.253. The number of sulfonamides is 1. The molecule has 0 amide bonds. The van der Waals surface area contributed by atoms with E-state index < -0.39 is 10.0 Å². The fraction of sp³-hybridized carbons (Fsp3) is 0.455. The molecule has 18 heavy (non-hydrogen) atoms. The summed E-state index contributed by atoms with van der Waals surface area (Å²) in [5.74, 6) is 0. The van der Waals surface area contributed by atoms with Crippen LogP contribution in [0.1, 0.15) is 13.3 Å². The Kier molecular flexibility index (Phi) is 5.88. The molecule has 0 aliphatic carbocycles. The molecule has 0 atom stereocenters. The van der Waals surface area contributed by atoms with Crippen molar-refractivity contribution in [3.05, 3.63) is 28.2 Å². The van der Waals surface area contributed by atoms with E-state index in [1.807, 2.05) is 6.92 Å². The Bertz CT molecular complexity index is 499. The molecular weight excluding hydrogens is 297 g/mol. The van der Waals surface area contributed by atoms with Crippen LogP contribution in [0.3, 0.4) is 0 Å². The van der Waals surface area contributed by atoms with Crippen molar-refractivity contribution in [2.45, 2.75) is 18.2 Å². The minimum absolute atomic E-state index is 0.0659. The van der Waals surface area contributed by atoms with Crippen molar-refractivity contribution in [1.82, 2.24) is 4.31 Å². The third-order valence-corrected chi connectivity index (χ3v) is 4.98. The van der Waals surface area contributed by atoms with Crippen molar-refractivity contribution in [3.63, 3.8) is 0 Å². The number of aliphatic hydroxyl groups is 1. The van der Waals surface area contributed by atoms with E-state index in [9.17, 15) is 8.42 Å². The summed E-state index contributed by atoms with van der Waals surface area (Å²) in [5, 5.41) is 9.42. The Morgan fingerprint density at radius 1 is 1.22 bits per heavy atom. The molecule has 0 spiro atoms. The number of nitrogens with zero attached hydrogens (tertiary/aromatic N) is 1. The summed E-state index contributed by atoms with van der Waals surface area (Å²) in [5.41, 5.74) is 0. The van der Waals surface area contributed by atoms with Gasteiger partial charge in [-0.1, -0.05) is 30.1 Å². The molecule has 0 aromatic heterocycles. The highest BCUT2D eigenvalue weighted by atomic mass is 35.5. The molecule has 7 heteroatoms. The van der Waals surface area contributed by atoms with Crippen molar-refractivity contribution in [2.24, 2.45) is 0 Å². The Morgan fingerprint density at radius 3 is 2.39 bits per heavy atom. The predicted molar refractivity (Wildman–Crippen MR) is 72.6 cm³/mol. The van der Waals surface area contributed by atoms with Gasteiger partial charge in [-0.25, -0.2) is 8.42 Å². The first-order chi connectivity index (χ1) is 8.43. The topological polar surface area (TPSA) is 57.6 Å². The molecule has 0 unspecified atom stereocenters. The molecule has 0 bridgehead atoms. The first kappa shape index (κ1) is 15.7. The van der Waals surface area contributed by atoms with Gasteiger partial charge in [-0.15, -0.1) is 0 Å². The van der Waals surface area contributed by atoms with Gasteiger partial charge in [0.2, 0.25) is 10.0 Å². The number of halogens is 2. The summed E-state index contributed by atoms with van der Waals surface area (Å²) < 4.78 is 25.8. The molecule has 1 aromatic rings. The quantitative estimate of drug-likeness (QED) is 0.877. The first-order valence-corrected chi connectivity index (χ1v) is 7.69. The van der Waals surface area contributed by atoms with Gasteiger partial charge in [0, 0.05) is 13.1 Å². The maximum absolute atomic E-state index is 12.3. The summed E-state index contributed by atoms with van der Waals surface area (Å²) in [6.07, 6.45) is 0.667. The van der Waals surface area contributed by atoms with E-state index in [0.29, 0.717) is 18.0 Å². The lowest BCUT2D eigenvalue weighted by atomic mass is 10.4. The Balaban J connectivity index is 3.13. The van der Waals surface area contributed by atoms with E-state index in [1.165, 1.54) is 22.5 Å². The summed E-state index contributed by atoms with van der Waals surface area (Å²) in [4.78, 5) is 0.0822. The zero-order valence-electron chi connectivity index (χ0n) is 9.94. The lowest BCUT2D eigenvalue weighted by Gasteiger charge is -2.20. The molecule has 0 saturated heterocycles. The number of benzene rings is 1. The summed E-state index contributed by atoms with van der Waals surface area (Å²) in [6.45, 7) is 2.06.